The van der Waals surface area contributed by atoms with E-state index in [2.05, 4.69) is 6.58 Å². The van der Waals surface area contributed by atoms with Crippen molar-refractivity contribution in [1.82, 2.24) is 0 Å². The van der Waals surface area contributed by atoms with Gasteiger partial charge in [-0.05, 0) is 36.2 Å². The van der Waals surface area contributed by atoms with E-state index < -0.39 is 0 Å². The van der Waals surface area contributed by atoms with Crippen molar-refractivity contribution in [2.75, 3.05) is 11.9 Å². The number of hydroxylamine groups is 1. The van der Waals surface area contributed by atoms with Crippen LogP contribution in [0.1, 0.15) is 18.0 Å². The minimum atomic E-state index is -0.223. The lowest BCUT2D eigenvalue weighted by molar-refractivity contribution is 0.174. The Kier molecular flexibility index (Phi) is 3.79. The number of ether oxygens (including phenoxy) is 2. The van der Waals surface area contributed by atoms with Gasteiger partial charge in [0.1, 0.15) is 0 Å². The van der Waals surface area contributed by atoms with E-state index in [-0.39, 0.29) is 12.8 Å². The summed E-state index contributed by atoms with van der Waals surface area (Å²) in [7, 11) is 0. The summed E-state index contributed by atoms with van der Waals surface area (Å²) in [6.07, 6.45) is 2.41. The standard InChI is InChI=1S/C17H17NO3/c1-2-6-15(18(19)14-7-4-3-5-8-14)13-9-10-16-17(11-13)21-12-20-16/h2-5,7-11,15,19H,1,6,12H2. The fourth-order valence-corrected chi connectivity index (χ4v) is 2.42. The zero-order chi connectivity index (χ0) is 14.7. The van der Waals surface area contributed by atoms with Crippen LogP contribution in [-0.4, -0.2) is 12.0 Å². The molecule has 1 atom stereocenters. The molecule has 1 aliphatic heterocycles. The molecule has 0 saturated carbocycles. The summed E-state index contributed by atoms with van der Waals surface area (Å²) in [6, 6.07) is 14.9. The van der Waals surface area contributed by atoms with Crippen LogP contribution >= 0.6 is 0 Å². The molecule has 0 bridgehead atoms. The first kappa shape index (κ1) is 13.5. The van der Waals surface area contributed by atoms with Gasteiger partial charge in [0, 0.05) is 0 Å². The zero-order valence-corrected chi connectivity index (χ0v) is 11.6. The molecule has 21 heavy (non-hydrogen) atoms. The quantitative estimate of drug-likeness (QED) is 0.667. The number of nitrogens with zero attached hydrogens (tertiary/aromatic N) is 1. The molecule has 0 radical (unpaired) electrons. The summed E-state index contributed by atoms with van der Waals surface area (Å²) >= 11 is 0. The Morgan fingerprint density at radius 3 is 2.67 bits per heavy atom. The average molecular weight is 283 g/mol. The van der Waals surface area contributed by atoms with Gasteiger partial charge in [-0.15, -0.1) is 6.58 Å². The fraction of sp³-hybridized carbons (Fsp3) is 0.176. The number of hydrogen-bond donors (Lipinski definition) is 1. The van der Waals surface area contributed by atoms with Gasteiger partial charge in [-0.3, -0.25) is 5.21 Å². The maximum Gasteiger partial charge on any atom is 0.231 e. The van der Waals surface area contributed by atoms with Crippen LogP contribution < -0.4 is 14.5 Å². The molecule has 0 aromatic heterocycles. The molecule has 2 aromatic carbocycles. The van der Waals surface area contributed by atoms with E-state index in [0.717, 1.165) is 17.0 Å². The minimum absolute atomic E-state index is 0.223. The van der Waals surface area contributed by atoms with Gasteiger partial charge in [0.15, 0.2) is 11.5 Å². The highest BCUT2D eigenvalue weighted by Crippen LogP contribution is 2.37. The molecule has 0 fully saturated rings. The Labute approximate surface area is 123 Å². The van der Waals surface area contributed by atoms with Crippen LogP contribution in [0.2, 0.25) is 0 Å². The van der Waals surface area contributed by atoms with E-state index in [0.29, 0.717) is 12.2 Å². The van der Waals surface area contributed by atoms with Gasteiger partial charge in [0.25, 0.3) is 0 Å². The largest absolute Gasteiger partial charge is 0.454 e. The maximum atomic E-state index is 10.5. The van der Waals surface area contributed by atoms with Crippen molar-refractivity contribution in [3.8, 4) is 11.5 Å². The highest BCUT2D eigenvalue weighted by molar-refractivity contribution is 5.49. The Balaban J connectivity index is 1.92. The second kappa shape index (κ2) is 5.89. The van der Waals surface area contributed by atoms with Gasteiger partial charge >= 0.3 is 0 Å². The SMILES string of the molecule is C=CCC(c1ccc2c(c1)OCO2)N(O)c1ccccc1. The van der Waals surface area contributed by atoms with Crippen LogP contribution in [0.5, 0.6) is 11.5 Å². The summed E-state index contributed by atoms with van der Waals surface area (Å²) in [6.45, 7) is 4.02. The van der Waals surface area contributed by atoms with Gasteiger partial charge in [0.05, 0.1) is 11.7 Å². The topological polar surface area (TPSA) is 41.9 Å². The first-order valence-electron chi connectivity index (χ1n) is 6.83. The molecule has 4 heteroatoms. The van der Waals surface area contributed by atoms with E-state index in [1.54, 1.807) is 6.08 Å². The lowest BCUT2D eigenvalue weighted by atomic mass is 10.0. The fourth-order valence-electron chi connectivity index (χ4n) is 2.42. The summed E-state index contributed by atoms with van der Waals surface area (Å²) in [5.74, 6) is 1.45. The molecule has 1 aliphatic rings. The van der Waals surface area contributed by atoms with Crippen LogP contribution in [0, 0.1) is 0 Å². The molecule has 1 unspecified atom stereocenters. The second-order valence-corrected chi connectivity index (χ2v) is 4.83. The highest BCUT2D eigenvalue weighted by Gasteiger charge is 2.22. The van der Waals surface area contributed by atoms with E-state index >= 15 is 0 Å². The summed E-state index contributed by atoms with van der Waals surface area (Å²) < 4.78 is 10.7. The van der Waals surface area contributed by atoms with Crippen LogP contribution in [0.15, 0.2) is 61.2 Å². The van der Waals surface area contributed by atoms with Crippen molar-refractivity contribution >= 4 is 5.69 Å². The molecule has 1 N–H and O–H groups in total. The molecule has 0 spiro atoms. The number of para-hydroxylation sites is 1. The van der Waals surface area contributed by atoms with E-state index in [1.165, 1.54) is 5.06 Å². The molecular weight excluding hydrogens is 266 g/mol. The van der Waals surface area contributed by atoms with E-state index in [1.807, 2.05) is 48.5 Å². The predicted octanol–water partition coefficient (Wildman–Crippen LogP) is 3.93. The second-order valence-electron chi connectivity index (χ2n) is 4.83. The van der Waals surface area contributed by atoms with Gasteiger partial charge in [-0.2, -0.15) is 0 Å². The summed E-state index contributed by atoms with van der Waals surface area (Å²) in [5, 5.41) is 11.8. The maximum absolute atomic E-state index is 10.5. The number of fused-ring (bicyclic) bond motifs is 1. The molecule has 4 nitrogen and oxygen atoms in total. The molecule has 1 heterocycles. The van der Waals surface area contributed by atoms with Gasteiger partial charge in [-0.25, -0.2) is 5.06 Å². The van der Waals surface area contributed by atoms with Gasteiger partial charge in [-0.1, -0.05) is 30.3 Å². The lowest BCUT2D eigenvalue weighted by Crippen LogP contribution is -2.24. The van der Waals surface area contributed by atoms with Crippen molar-refractivity contribution in [1.29, 1.82) is 0 Å². The minimum Gasteiger partial charge on any atom is -0.454 e. The lowest BCUT2D eigenvalue weighted by Gasteiger charge is -2.27. The van der Waals surface area contributed by atoms with Crippen molar-refractivity contribution < 1.29 is 14.7 Å². The smallest absolute Gasteiger partial charge is 0.231 e. The number of benzene rings is 2. The Morgan fingerprint density at radius 1 is 1.14 bits per heavy atom. The normalized spacial score (nSPS) is 13.8. The third-order valence-corrected chi connectivity index (χ3v) is 3.49. The highest BCUT2D eigenvalue weighted by atomic mass is 16.7. The predicted molar refractivity (Wildman–Crippen MR) is 80.8 cm³/mol. The monoisotopic (exact) mass is 283 g/mol. The Bertz CT molecular complexity index is 627. The van der Waals surface area contributed by atoms with Crippen molar-refractivity contribution in [3.63, 3.8) is 0 Å². The first-order chi connectivity index (χ1) is 10.3. The average Bonchev–Trinajstić information content (AvgIpc) is 3.00. The van der Waals surface area contributed by atoms with E-state index in [4.69, 9.17) is 9.47 Å². The first-order valence-corrected chi connectivity index (χ1v) is 6.83. The summed E-state index contributed by atoms with van der Waals surface area (Å²) in [5.41, 5.74) is 1.69. The third-order valence-electron chi connectivity index (χ3n) is 3.49. The number of anilines is 1. The molecule has 2 aromatic rings. The van der Waals surface area contributed by atoms with Crippen molar-refractivity contribution in [2.24, 2.45) is 0 Å². The van der Waals surface area contributed by atoms with Crippen LogP contribution in [0.4, 0.5) is 5.69 Å². The number of rotatable bonds is 5. The van der Waals surface area contributed by atoms with Gasteiger partial charge in [0.2, 0.25) is 6.79 Å². The third kappa shape index (κ3) is 2.71. The van der Waals surface area contributed by atoms with E-state index in [9.17, 15) is 5.21 Å². The summed E-state index contributed by atoms with van der Waals surface area (Å²) in [4.78, 5) is 0. The van der Waals surface area contributed by atoms with Crippen LogP contribution in [-0.2, 0) is 0 Å². The molecule has 3 rings (SSSR count). The van der Waals surface area contributed by atoms with Crippen molar-refractivity contribution in [3.05, 3.63) is 66.7 Å². The number of hydrogen-bond acceptors (Lipinski definition) is 4. The molecule has 0 saturated heterocycles. The van der Waals surface area contributed by atoms with Crippen LogP contribution in [0.3, 0.4) is 0 Å². The molecule has 0 aliphatic carbocycles. The molecule has 0 amide bonds. The van der Waals surface area contributed by atoms with Crippen LogP contribution in [0.25, 0.3) is 0 Å². The van der Waals surface area contributed by atoms with Gasteiger partial charge < -0.3 is 9.47 Å². The molecule has 108 valence electrons. The molecular formula is C17H17NO3. The zero-order valence-electron chi connectivity index (χ0n) is 11.6. The Morgan fingerprint density at radius 2 is 1.90 bits per heavy atom. The van der Waals surface area contributed by atoms with Crippen molar-refractivity contribution in [2.45, 2.75) is 12.5 Å². The Hall–Kier alpha value is -2.46.